The van der Waals surface area contributed by atoms with Gasteiger partial charge in [0.15, 0.2) is 5.13 Å². The molecule has 0 saturated carbocycles. The van der Waals surface area contributed by atoms with E-state index < -0.39 is 0 Å². The van der Waals surface area contributed by atoms with Crippen LogP contribution >= 0.6 is 11.3 Å². The molecule has 0 spiro atoms. The highest BCUT2D eigenvalue weighted by atomic mass is 32.1. The monoisotopic (exact) mass is 403 g/mol. The Bertz CT molecular complexity index is 1130. The van der Waals surface area contributed by atoms with Crippen molar-refractivity contribution in [3.63, 3.8) is 0 Å². The maximum Gasteiger partial charge on any atom is 0.250 e. The van der Waals surface area contributed by atoms with E-state index in [0.29, 0.717) is 18.2 Å². The Hall–Kier alpha value is -3.25. The molecule has 5 nitrogen and oxygen atoms in total. The van der Waals surface area contributed by atoms with Crippen molar-refractivity contribution < 1.29 is 4.79 Å². The molecule has 2 aromatic carbocycles. The number of benzene rings is 2. The molecule has 0 bridgehead atoms. The first-order chi connectivity index (χ1) is 14.2. The van der Waals surface area contributed by atoms with Gasteiger partial charge in [-0.2, -0.15) is 0 Å². The normalized spacial score (nSPS) is 10.9. The molecule has 0 radical (unpaired) electrons. The number of pyridine rings is 1. The standard InChI is InChI=1S/C23H21N3O2S/c27-21-12-6-7-15-25(21)16-14-22(28)26(17-13-18-8-2-1-3-9-18)23-24-19-10-4-5-11-20(19)29-23/h1-12,15H,13-14,16-17H2. The first kappa shape index (κ1) is 19.1. The highest BCUT2D eigenvalue weighted by Crippen LogP contribution is 2.29. The Morgan fingerprint density at radius 1 is 0.966 bits per heavy atom. The summed E-state index contributed by atoms with van der Waals surface area (Å²) in [6.45, 7) is 0.900. The van der Waals surface area contributed by atoms with Crippen LogP contribution in [0.4, 0.5) is 5.13 Å². The lowest BCUT2D eigenvalue weighted by molar-refractivity contribution is -0.118. The zero-order valence-electron chi connectivity index (χ0n) is 15.9. The average Bonchev–Trinajstić information content (AvgIpc) is 3.18. The van der Waals surface area contributed by atoms with Crippen molar-refractivity contribution in [1.29, 1.82) is 0 Å². The number of hydrogen-bond donors (Lipinski definition) is 0. The van der Waals surface area contributed by atoms with E-state index in [9.17, 15) is 9.59 Å². The van der Waals surface area contributed by atoms with Crippen molar-refractivity contribution in [3.05, 3.63) is 94.9 Å². The molecular formula is C23H21N3O2S. The van der Waals surface area contributed by atoms with Crippen LogP contribution in [0.1, 0.15) is 12.0 Å². The molecule has 2 aromatic heterocycles. The number of anilines is 1. The third-order valence-corrected chi connectivity index (χ3v) is 5.81. The van der Waals surface area contributed by atoms with Crippen LogP contribution in [0.15, 0.2) is 83.8 Å². The predicted octanol–water partition coefficient (Wildman–Crippen LogP) is 4.12. The molecule has 0 aliphatic heterocycles. The number of nitrogens with zero attached hydrogens (tertiary/aromatic N) is 3. The third-order valence-electron chi connectivity index (χ3n) is 4.75. The highest BCUT2D eigenvalue weighted by molar-refractivity contribution is 7.22. The van der Waals surface area contributed by atoms with E-state index in [-0.39, 0.29) is 17.9 Å². The summed E-state index contributed by atoms with van der Waals surface area (Å²) in [5.41, 5.74) is 1.96. The van der Waals surface area contributed by atoms with Gasteiger partial charge < -0.3 is 4.57 Å². The van der Waals surface area contributed by atoms with E-state index >= 15 is 0 Å². The molecule has 0 atom stereocenters. The quantitative estimate of drug-likeness (QED) is 0.466. The minimum absolute atomic E-state index is 0.0317. The summed E-state index contributed by atoms with van der Waals surface area (Å²) in [5, 5.41) is 0.701. The summed E-state index contributed by atoms with van der Waals surface area (Å²) < 4.78 is 2.62. The molecule has 0 unspecified atom stereocenters. The van der Waals surface area contributed by atoms with Gasteiger partial charge in [-0.25, -0.2) is 4.98 Å². The first-order valence-electron chi connectivity index (χ1n) is 9.56. The number of amides is 1. The molecule has 0 aliphatic rings. The van der Waals surface area contributed by atoms with E-state index in [1.165, 1.54) is 23.0 Å². The molecule has 146 valence electrons. The maximum absolute atomic E-state index is 13.1. The molecular weight excluding hydrogens is 382 g/mol. The number of carbonyl (C=O) groups is 1. The lowest BCUT2D eigenvalue weighted by atomic mass is 10.1. The number of carbonyl (C=O) groups excluding carboxylic acids is 1. The summed E-state index contributed by atoms with van der Waals surface area (Å²) >= 11 is 1.52. The van der Waals surface area contributed by atoms with Crippen LogP contribution in [0.3, 0.4) is 0 Å². The van der Waals surface area contributed by atoms with Crippen molar-refractivity contribution in [2.75, 3.05) is 11.4 Å². The van der Waals surface area contributed by atoms with Gasteiger partial charge in [0.1, 0.15) is 0 Å². The van der Waals surface area contributed by atoms with Gasteiger partial charge in [0, 0.05) is 31.8 Å². The Kier molecular flexibility index (Phi) is 5.81. The van der Waals surface area contributed by atoms with Crippen LogP contribution in [0, 0.1) is 0 Å². The number of rotatable bonds is 7. The van der Waals surface area contributed by atoms with E-state index in [1.807, 2.05) is 42.5 Å². The van der Waals surface area contributed by atoms with E-state index in [4.69, 9.17) is 0 Å². The second kappa shape index (κ2) is 8.84. The van der Waals surface area contributed by atoms with Crippen LogP contribution in [-0.2, 0) is 17.8 Å². The van der Waals surface area contributed by atoms with Gasteiger partial charge in [-0.05, 0) is 30.2 Å². The van der Waals surface area contributed by atoms with Crippen LogP contribution in [-0.4, -0.2) is 22.0 Å². The molecule has 0 saturated heterocycles. The predicted molar refractivity (Wildman–Crippen MR) is 117 cm³/mol. The molecule has 2 heterocycles. The van der Waals surface area contributed by atoms with Gasteiger partial charge in [-0.1, -0.05) is 59.9 Å². The number of para-hydroxylation sites is 1. The lowest BCUT2D eigenvalue weighted by Crippen LogP contribution is -2.34. The minimum atomic E-state index is -0.101. The van der Waals surface area contributed by atoms with Crippen molar-refractivity contribution in [3.8, 4) is 0 Å². The Morgan fingerprint density at radius 3 is 2.52 bits per heavy atom. The lowest BCUT2D eigenvalue weighted by Gasteiger charge is -2.20. The van der Waals surface area contributed by atoms with Crippen molar-refractivity contribution in [2.45, 2.75) is 19.4 Å². The van der Waals surface area contributed by atoms with Crippen LogP contribution in [0.25, 0.3) is 10.2 Å². The number of fused-ring (bicyclic) bond motifs is 1. The number of aromatic nitrogens is 2. The van der Waals surface area contributed by atoms with Crippen molar-refractivity contribution in [2.24, 2.45) is 0 Å². The first-order valence-corrected chi connectivity index (χ1v) is 10.4. The van der Waals surface area contributed by atoms with Crippen molar-refractivity contribution >= 4 is 32.6 Å². The second-order valence-corrected chi connectivity index (χ2v) is 7.74. The van der Waals surface area contributed by atoms with E-state index in [2.05, 4.69) is 17.1 Å². The molecule has 0 aliphatic carbocycles. The smallest absolute Gasteiger partial charge is 0.250 e. The largest absolute Gasteiger partial charge is 0.315 e. The van der Waals surface area contributed by atoms with Gasteiger partial charge in [-0.3, -0.25) is 14.5 Å². The fraction of sp³-hybridized carbons (Fsp3) is 0.174. The average molecular weight is 404 g/mol. The fourth-order valence-corrected chi connectivity index (χ4v) is 4.19. The SMILES string of the molecule is O=C(CCn1ccccc1=O)N(CCc1ccccc1)c1nc2ccccc2s1. The summed E-state index contributed by atoms with van der Waals surface area (Å²) in [6, 6.07) is 23.0. The van der Waals surface area contributed by atoms with Gasteiger partial charge >= 0.3 is 0 Å². The molecule has 4 aromatic rings. The minimum Gasteiger partial charge on any atom is -0.315 e. The van der Waals surface area contributed by atoms with Gasteiger partial charge in [-0.15, -0.1) is 0 Å². The van der Waals surface area contributed by atoms with E-state index in [1.54, 1.807) is 27.8 Å². The molecule has 1 amide bonds. The Balaban J connectivity index is 1.55. The van der Waals surface area contributed by atoms with Crippen molar-refractivity contribution in [1.82, 2.24) is 9.55 Å². The Morgan fingerprint density at radius 2 is 1.72 bits per heavy atom. The zero-order valence-corrected chi connectivity index (χ0v) is 16.7. The van der Waals surface area contributed by atoms with E-state index in [0.717, 1.165) is 16.6 Å². The number of hydrogen-bond acceptors (Lipinski definition) is 4. The summed E-state index contributed by atoms with van der Waals surface area (Å²) in [6.07, 6.45) is 2.70. The van der Waals surface area contributed by atoms with Crippen LogP contribution < -0.4 is 10.5 Å². The van der Waals surface area contributed by atoms with Crippen LogP contribution in [0.5, 0.6) is 0 Å². The fourth-order valence-electron chi connectivity index (χ4n) is 3.18. The number of aryl methyl sites for hydroxylation is 1. The molecule has 0 fully saturated rings. The summed E-state index contributed by atoms with van der Waals surface area (Å²) in [5.74, 6) is -0.0317. The van der Waals surface area contributed by atoms with Gasteiger partial charge in [0.05, 0.1) is 10.2 Å². The second-order valence-electron chi connectivity index (χ2n) is 6.73. The molecule has 6 heteroatoms. The highest BCUT2D eigenvalue weighted by Gasteiger charge is 2.19. The molecule has 4 rings (SSSR count). The van der Waals surface area contributed by atoms with Crippen LogP contribution in [0.2, 0.25) is 0 Å². The molecule has 0 N–H and O–H groups in total. The topological polar surface area (TPSA) is 55.2 Å². The summed E-state index contributed by atoms with van der Waals surface area (Å²) in [4.78, 5) is 31.5. The third kappa shape index (κ3) is 4.60. The van der Waals surface area contributed by atoms with Gasteiger partial charge in [0.2, 0.25) is 5.91 Å². The van der Waals surface area contributed by atoms with Gasteiger partial charge in [0.25, 0.3) is 5.56 Å². The zero-order chi connectivity index (χ0) is 20.1. The summed E-state index contributed by atoms with van der Waals surface area (Å²) in [7, 11) is 0. The number of thiazole rings is 1. The maximum atomic E-state index is 13.1. The molecule has 29 heavy (non-hydrogen) atoms. The Labute approximate surface area is 172 Å².